The molecule has 0 bridgehead atoms. The van der Waals surface area contributed by atoms with Crippen LogP contribution in [0.4, 0.5) is 17.1 Å². The summed E-state index contributed by atoms with van der Waals surface area (Å²) in [6, 6.07) is 15.3. The van der Waals surface area contributed by atoms with Crippen molar-refractivity contribution < 1.29 is 14.3 Å². The number of carbonyl (C=O) groups is 2. The van der Waals surface area contributed by atoms with E-state index in [4.69, 9.17) is 4.74 Å². The second kappa shape index (κ2) is 10.2. The number of ether oxygens (including phenoxy) is 1. The van der Waals surface area contributed by atoms with Gasteiger partial charge in [-0.2, -0.15) is 0 Å². The van der Waals surface area contributed by atoms with Crippen molar-refractivity contribution in [2.45, 2.75) is 19.4 Å². The number of nitrogens with one attached hydrogen (secondary N) is 2. The predicted octanol–water partition coefficient (Wildman–Crippen LogP) is 3.05. The van der Waals surface area contributed by atoms with Gasteiger partial charge >= 0.3 is 0 Å². The summed E-state index contributed by atoms with van der Waals surface area (Å²) in [4.78, 5) is 28.8. The molecule has 0 saturated carbocycles. The number of carbonyl (C=O) groups excluding carboxylic acids is 2. The summed E-state index contributed by atoms with van der Waals surface area (Å²) in [6.45, 7) is 4.40. The Hall–Kier alpha value is -2.90. The molecular formula is C23H30N4O3. The largest absolute Gasteiger partial charge is 0.372 e. The van der Waals surface area contributed by atoms with Crippen LogP contribution in [0.1, 0.15) is 23.7 Å². The van der Waals surface area contributed by atoms with Gasteiger partial charge in [-0.3, -0.25) is 9.59 Å². The standard InChI is InChI=1S/C23H30N4O3/c1-4-30-16-22(28)24-18-7-5-17(6-8-18)23(29)25-19-9-11-20(12-10-19)27-14-13-21(15-27)26(2)3/h5-12,21H,4,13-16H2,1-3H3,(H,24,28)(H,25,29). The first kappa shape index (κ1) is 21.8. The molecule has 1 saturated heterocycles. The Morgan fingerprint density at radius 2 is 1.67 bits per heavy atom. The Kier molecular flexibility index (Phi) is 7.43. The average molecular weight is 411 g/mol. The van der Waals surface area contributed by atoms with Gasteiger partial charge in [-0.05, 0) is 76.0 Å². The lowest BCUT2D eigenvalue weighted by molar-refractivity contribution is -0.120. The highest BCUT2D eigenvalue weighted by Gasteiger charge is 2.23. The number of rotatable bonds is 8. The number of hydrogen-bond donors (Lipinski definition) is 2. The molecule has 7 nitrogen and oxygen atoms in total. The van der Waals surface area contributed by atoms with Crippen LogP contribution >= 0.6 is 0 Å². The van der Waals surface area contributed by atoms with E-state index < -0.39 is 0 Å². The summed E-state index contributed by atoms with van der Waals surface area (Å²) in [5.74, 6) is -0.409. The van der Waals surface area contributed by atoms with Gasteiger partial charge in [-0.1, -0.05) is 0 Å². The summed E-state index contributed by atoms with van der Waals surface area (Å²) >= 11 is 0. The van der Waals surface area contributed by atoms with E-state index in [0.717, 1.165) is 25.2 Å². The second-order valence-corrected chi connectivity index (χ2v) is 7.62. The van der Waals surface area contributed by atoms with Crippen molar-refractivity contribution in [3.63, 3.8) is 0 Å². The van der Waals surface area contributed by atoms with Crippen LogP contribution in [0, 0.1) is 0 Å². The number of benzene rings is 2. The Morgan fingerprint density at radius 1 is 1.03 bits per heavy atom. The van der Waals surface area contributed by atoms with E-state index in [1.54, 1.807) is 24.3 Å². The molecule has 1 fully saturated rings. The van der Waals surface area contributed by atoms with Crippen LogP contribution in [-0.2, 0) is 9.53 Å². The molecular weight excluding hydrogens is 380 g/mol. The van der Waals surface area contributed by atoms with E-state index in [1.165, 1.54) is 5.69 Å². The van der Waals surface area contributed by atoms with Crippen LogP contribution < -0.4 is 15.5 Å². The van der Waals surface area contributed by atoms with Crippen molar-refractivity contribution in [1.82, 2.24) is 4.90 Å². The van der Waals surface area contributed by atoms with Crippen LogP contribution in [-0.4, -0.2) is 63.2 Å². The molecule has 3 rings (SSSR count). The van der Waals surface area contributed by atoms with Crippen molar-refractivity contribution in [2.24, 2.45) is 0 Å². The van der Waals surface area contributed by atoms with Gasteiger partial charge in [0.25, 0.3) is 5.91 Å². The molecule has 2 amide bonds. The Bertz CT molecular complexity index is 850. The third kappa shape index (κ3) is 5.81. The maximum Gasteiger partial charge on any atom is 0.255 e. The average Bonchev–Trinajstić information content (AvgIpc) is 3.24. The summed E-state index contributed by atoms with van der Waals surface area (Å²) in [6.07, 6.45) is 1.16. The van der Waals surface area contributed by atoms with Gasteiger partial charge in [0.2, 0.25) is 5.91 Å². The molecule has 0 aliphatic carbocycles. The Balaban J connectivity index is 1.54. The smallest absolute Gasteiger partial charge is 0.255 e. The Labute approximate surface area is 178 Å². The lowest BCUT2D eigenvalue weighted by Crippen LogP contribution is -2.31. The predicted molar refractivity (Wildman–Crippen MR) is 120 cm³/mol. The SMILES string of the molecule is CCOCC(=O)Nc1ccc(C(=O)Nc2ccc(N3CCC(N(C)C)C3)cc2)cc1. The molecule has 2 aromatic rings. The minimum absolute atomic E-state index is 0.0158. The lowest BCUT2D eigenvalue weighted by Gasteiger charge is -2.22. The fraction of sp³-hybridized carbons (Fsp3) is 0.391. The highest BCUT2D eigenvalue weighted by Crippen LogP contribution is 2.24. The molecule has 0 aromatic heterocycles. The van der Waals surface area contributed by atoms with E-state index in [-0.39, 0.29) is 18.4 Å². The summed E-state index contributed by atoms with van der Waals surface area (Å²) in [5, 5.41) is 5.65. The summed E-state index contributed by atoms with van der Waals surface area (Å²) < 4.78 is 5.07. The Morgan fingerprint density at radius 3 is 2.27 bits per heavy atom. The summed E-state index contributed by atoms with van der Waals surface area (Å²) in [7, 11) is 4.24. The number of nitrogens with zero attached hydrogens (tertiary/aromatic N) is 2. The van der Waals surface area contributed by atoms with E-state index in [1.807, 2.05) is 31.2 Å². The van der Waals surface area contributed by atoms with Gasteiger partial charge < -0.3 is 25.2 Å². The third-order valence-electron chi connectivity index (χ3n) is 5.25. The third-order valence-corrected chi connectivity index (χ3v) is 5.25. The molecule has 1 aliphatic rings. The molecule has 1 unspecified atom stereocenters. The van der Waals surface area contributed by atoms with E-state index in [9.17, 15) is 9.59 Å². The molecule has 2 N–H and O–H groups in total. The lowest BCUT2D eigenvalue weighted by atomic mass is 10.2. The minimum Gasteiger partial charge on any atom is -0.372 e. The van der Waals surface area contributed by atoms with Crippen LogP contribution in [0.5, 0.6) is 0 Å². The molecule has 7 heteroatoms. The number of hydrogen-bond acceptors (Lipinski definition) is 5. The normalized spacial score (nSPS) is 16.0. The van der Waals surface area contributed by atoms with Gasteiger partial charge in [0.1, 0.15) is 6.61 Å². The highest BCUT2D eigenvalue weighted by molar-refractivity contribution is 6.04. The van der Waals surface area contributed by atoms with Crippen molar-refractivity contribution in [2.75, 3.05) is 55.9 Å². The molecule has 30 heavy (non-hydrogen) atoms. The van der Waals surface area contributed by atoms with Gasteiger partial charge in [0.15, 0.2) is 0 Å². The fourth-order valence-electron chi connectivity index (χ4n) is 3.45. The van der Waals surface area contributed by atoms with Crippen molar-refractivity contribution in [1.29, 1.82) is 0 Å². The van der Waals surface area contributed by atoms with Gasteiger partial charge in [0, 0.05) is 48.4 Å². The van der Waals surface area contributed by atoms with Crippen molar-refractivity contribution in [3.8, 4) is 0 Å². The number of anilines is 3. The van der Waals surface area contributed by atoms with Crippen molar-refractivity contribution >= 4 is 28.9 Å². The molecule has 0 spiro atoms. The summed E-state index contributed by atoms with van der Waals surface area (Å²) in [5.41, 5.74) is 3.07. The van der Waals surface area contributed by atoms with E-state index >= 15 is 0 Å². The molecule has 160 valence electrons. The highest BCUT2D eigenvalue weighted by atomic mass is 16.5. The zero-order valence-electron chi connectivity index (χ0n) is 17.9. The van der Waals surface area contributed by atoms with Gasteiger partial charge in [-0.25, -0.2) is 0 Å². The van der Waals surface area contributed by atoms with Crippen molar-refractivity contribution in [3.05, 3.63) is 54.1 Å². The first-order chi connectivity index (χ1) is 14.5. The van der Waals surface area contributed by atoms with Crippen LogP contribution in [0.15, 0.2) is 48.5 Å². The number of likely N-dealkylation sites (N-methyl/N-ethyl adjacent to an activating group) is 1. The first-order valence-electron chi connectivity index (χ1n) is 10.3. The van der Waals surface area contributed by atoms with Crippen LogP contribution in [0.25, 0.3) is 0 Å². The van der Waals surface area contributed by atoms with E-state index in [2.05, 4.69) is 34.5 Å². The van der Waals surface area contributed by atoms with Crippen LogP contribution in [0.3, 0.4) is 0 Å². The molecule has 1 aliphatic heterocycles. The maximum absolute atomic E-state index is 12.5. The van der Waals surface area contributed by atoms with E-state index in [0.29, 0.717) is 23.9 Å². The minimum atomic E-state index is -0.218. The molecule has 1 heterocycles. The van der Waals surface area contributed by atoms with Gasteiger partial charge in [0.05, 0.1) is 0 Å². The van der Waals surface area contributed by atoms with Gasteiger partial charge in [-0.15, -0.1) is 0 Å². The zero-order valence-corrected chi connectivity index (χ0v) is 17.9. The van der Waals surface area contributed by atoms with Crippen LogP contribution in [0.2, 0.25) is 0 Å². The monoisotopic (exact) mass is 410 g/mol. The fourth-order valence-corrected chi connectivity index (χ4v) is 3.45. The number of amides is 2. The topological polar surface area (TPSA) is 73.9 Å². The second-order valence-electron chi connectivity index (χ2n) is 7.62. The maximum atomic E-state index is 12.5. The molecule has 0 radical (unpaired) electrons. The molecule has 1 atom stereocenters. The quantitative estimate of drug-likeness (QED) is 0.700. The zero-order chi connectivity index (χ0) is 21.5. The first-order valence-corrected chi connectivity index (χ1v) is 10.3. The molecule has 2 aromatic carbocycles.